The van der Waals surface area contributed by atoms with Gasteiger partial charge in [0.1, 0.15) is 5.84 Å². The molecule has 0 aliphatic heterocycles. The Morgan fingerprint density at radius 3 is 1.36 bits per heavy atom. The Morgan fingerprint density at radius 1 is 0.453 bits per heavy atom. The molecule has 8 aromatic carbocycles. The van der Waals surface area contributed by atoms with Gasteiger partial charge in [-0.1, -0.05) is 128 Å². The second kappa shape index (κ2) is 17.1. The first kappa shape index (κ1) is 42.0. The van der Waals surface area contributed by atoms with Crippen molar-refractivity contribution in [3.8, 4) is 34.2 Å². The third-order valence-electron chi connectivity index (χ3n) is 12.9. The van der Waals surface area contributed by atoms with E-state index >= 15 is 0 Å². The van der Waals surface area contributed by atoms with E-state index in [0.29, 0.717) is 29.1 Å². The van der Waals surface area contributed by atoms with Gasteiger partial charge in [-0.3, -0.25) is 4.99 Å². The number of aliphatic imine (C=N–C) groups is 2. The molecule has 1 aromatic heterocycles. The normalized spacial score (nSPS) is 12.7. The van der Waals surface area contributed by atoms with Crippen molar-refractivity contribution < 1.29 is 0 Å². The molecular weight excluding hydrogens is 781 g/mol. The van der Waals surface area contributed by atoms with Crippen LogP contribution in [0.2, 0.25) is 0 Å². The van der Waals surface area contributed by atoms with Gasteiger partial charge in [0.25, 0.3) is 0 Å². The number of rotatable bonds is 8. The molecule has 0 radical (unpaired) electrons. The molecule has 1 unspecified atom stereocenters. The predicted octanol–water partition coefficient (Wildman–Crippen LogP) is 14.1. The van der Waals surface area contributed by atoms with E-state index in [0.717, 1.165) is 117 Å². The van der Waals surface area contributed by atoms with Crippen molar-refractivity contribution in [2.24, 2.45) is 15.7 Å². The molecule has 0 aliphatic rings. The summed E-state index contributed by atoms with van der Waals surface area (Å²) in [4.78, 5) is 26.7. The molecule has 64 heavy (non-hydrogen) atoms. The lowest BCUT2D eigenvalue weighted by Gasteiger charge is -2.20. The minimum atomic E-state index is -0.223. The van der Waals surface area contributed by atoms with Crippen molar-refractivity contribution in [3.63, 3.8) is 0 Å². The van der Waals surface area contributed by atoms with E-state index in [-0.39, 0.29) is 6.04 Å². The third kappa shape index (κ3) is 7.53. The molecule has 6 heteroatoms. The maximum absolute atomic E-state index is 6.95. The maximum atomic E-state index is 6.95. The summed E-state index contributed by atoms with van der Waals surface area (Å²) in [6.07, 6.45) is 0.756. The number of amidine groups is 2. The lowest BCUT2D eigenvalue weighted by molar-refractivity contribution is 0.707. The van der Waals surface area contributed by atoms with E-state index in [2.05, 4.69) is 196 Å². The summed E-state index contributed by atoms with van der Waals surface area (Å²) < 4.78 is 0. The summed E-state index contributed by atoms with van der Waals surface area (Å²) in [5.41, 5.74) is 22.0. The number of fused-ring (bicyclic) bond motifs is 5. The fourth-order valence-electron chi connectivity index (χ4n) is 9.73. The molecule has 316 valence electrons. The molecule has 6 nitrogen and oxygen atoms in total. The first-order chi connectivity index (χ1) is 30.9. The van der Waals surface area contributed by atoms with Gasteiger partial charge in [0.2, 0.25) is 0 Å². The highest BCUT2D eigenvalue weighted by Gasteiger charge is 2.23. The summed E-state index contributed by atoms with van der Waals surface area (Å²) in [5.74, 6) is 3.10. The van der Waals surface area contributed by atoms with Crippen LogP contribution in [0.3, 0.4) is 0 Å². The zero-order valence-electron chi connectivity index (χ0n) is 38.3. The molecule has 9 aromatic rings. The average molecular weight is 835 g/mol. The van der Waals surface area contributed by atoms with Crippen LogP contribution in [0.5, 0.6) is 0 Å². The van der Waals surface area contributed by atoms with E-state index in [4.69, 9.17) is 30.7 Å². The van der Waals surface area contributed by atoms with Crippen LogP contribution in [0.25, 0.3) is 66.5 Å². The molecule has 0 fully saturated rings. The number of nitrogens with zero attached hydrogens (tertiary/aromatic N) is 5. The molecular formula is C58H54N6. The summed E-state index contributed by atoms with van der Waals surface area (Å²) in [6, 6.07) is 47.1. The zero-order valence-corrected chi connectivity index (χ0v) is 38.3. The van der Waals surface area contributed by atoms with Crippen molar-refractivity contribution in [2.45, 2.75) is 74.8 Å². The molecule has 0 aliphatic carbocycles. The number of benzene rings is 8. The first-order valence-corrected chi connectivity index (χ1v) is 22.2. The second-order valence-electron chi connectivity index (χ2n) is 17.3. The summed E-state index contributed by atoms with van der Waals surface area (Å²) in [5, 5.41) is 6.75. The van der Waals surface area contributed by atoms with E-state index in [9.17, 15) is 0 Å². The smallest absolute Gasteiger partial charge is 0.164 e. The summed E-state index contributed by atoms with van der Waals surface area (Å²) >= 11 is 0. The van der Waals surface area contributed by atoms with E-state index in [1.54, 1.807) is 0 Å². The largest absolute Gasteiger partial charge is 0.383 e. The van der Waals surface area contributed by atoms with Gasteiger partial charge in [-0.2, -0.15) is 0 Å². The van der Waals surface area contributed by atoms with Gasteiger partial charge in [0.15, 0.2) is 23.3 Å². The number of hydrogen-bond acceptors (Lipinski definition) is 4. The monoisotopic (exact) mass is 834 g/mol. The Balaban J connectivity index is 1.31. The minimum Gasteiger partial charge on any atom is -0.383 e. The number of aromatic nitrogens is 3. The van der Waals surface area contributed by atoms with Crippen molar-refractivity contribution in [2.75, 3.05) is 0 Å². The highest BCUT2D eigenvalue weighted by atomic mass is 15.0. The summed E-state index contributed by atoms with van der Waals surface area (Å²) in [7, 11) is 0. The van der Waals surface area contributed by atoms with Gasteiger partial charge >= 0.3 is 0 Å². The molecule has 0 bridgehead atoms. The van der Waals surface area contributed by atoms with E-state index in [1.807, 2.05) is 0 Å². The average Bonchev–Trinajstić information content (AvgIpc) is 3.27. The van der Waals surface area contributed by atoms with Crippen molar-refractivity contribution >= 4 is 44.0 Å². The molecule has 0 saturated heterocycles. The Bertz CT molecular complexity index is 3220. The van der Waals surface area contributed by atoms with Crippen molar-refractivity contribution in [1.82, 2.24) is 15.0 Å². The van der Waals surface area contributed by atoms with Crippen LogP contribution in [-0.4, -0.2) is 26.6 Å². The van der Waals surface area contributed by atoms with E-state index < -0.39 is 0 Å². The Hall–Kier alpha value is -7.31. The van der Waals surface area contributed by atoms with Crippen LogP contribution in [0.1, 0.15) is 80.6 Å². The van der Waals surface area contributed by atoms with Gasteiger partial charge in [-0.15, -0.1) is 0 Å². The van der Waals surface area contributed by atoms with Crippen LogP contribution in [-0.2, 0) is 0 Å². The van der Waals surface area contributed by atoms with Crippen LogP contribution < -0.4 is 5.73 Å². The fourth-order valence-corrected chi connectivity index (χ4v) is 9.73. The first-order valence-electron chi connectivity index (χ1n) is 22.2. The molecule has 0 saturated carbocycles. The highest BCUT2D eigenvalue weighted by Crippen LogP contribution is 2.42. The quantitative estimate of drug-likeness (QED) is 0.0938. The zero-order chi connectivity index (χ0) is 44.8. The van der Waals surface area contributed by atoms with Gasteiger partial charge in [-0.25, -0.2) is 19.9 Å². The van der Waals surface area contributed by atoms with E-state index in [1.165, 1.54) is 0 Å². The van der Waals surface area contributed by atoms with Crippen LogP contribution in [0, 0.1) is 55.4 Å². The van der Waals surface area contributed by atoms with Crippen molar-refractivity contribution in [1.29, 1.82) is 0 Å². The van der Waals surface area contributed by atoms with Crippen LogP contribution in [0.15, 0.2) is 143 Å². The SMILES string of the molecule is CCC(N=C(N=C(N)c1c(C)cccc1C)c1c(C)cccc1C)c1cc2c3ccccc3c(-c3nc(-c4c(C)cccc4C)nc(-c4c(C)cccc4C)n3)cc2c2ccccc12. The van der Waals surface area contributed by atoms with Crippen molar-refractivity contribution in [3.05, 3.63) is 195 Å². The molecule has 2 N–H and O–H groups in total. The molecule has 9 rings (SSSR count). The van der Waals surface area contributed by atoms with Gasteiger partial charge in [0, 0.05) is 27.8 Å². The van der Waals surface area contributed by atoms with Gasteiger partial charge in [0.05, 0.1) is 6.04 Å². The Morgan fingerprint density at radius 2 is 0.859 bits per heavy atom. The lowest BCUT2D eigenvalue weighted by Crippen LogP contribution is -2.20. The standard InChI is InChI=1S/C58H54N6/c1-10-49(60-56(51-35(4)21-16-22-36(51)5)61-54(59)50-33(2)19-15-20-34(50)3)47-31-45-42-28-12-14-30-44(42)48(32-46(45)41-27-11-13-29-43(41)47)55-62-57(52-37(6)23-17-24-38(52)7)64-58(63-55)53-39(8)25-18-26-40(53)9/h11-32,49H,10H2,1-9H3,(H2,59,60,61). The minimum absolute atomic E-state index is 0.223. The van der Waals surface area contributed by atoms with Crippen LogP contribution >= 0.6 is 0 Å². The van der Waals surface area contributed by atoms with Crippen LogP contribution in [0.4, 0.5) is 0 Å². The molecule has 1 heterocycles. The molecule has 0 spiro atoms. The number of aryl methyl sites for hydroxylation is 8. The molecule has 1 atom stereocenters. The number of nitrogens with two attached hydrogens (primary N) is 1. The Kier molecular flexibility index (Phi) is 11.2. The third-order valence-corrected chi connectivity index (χ3v) is 12.9. The predicted molar refractivity (Wildman–Crippen MR) is 270 cm³/mol. The topological polar surface area (TPSA) is 89.4 Å². The summed E-state index contributed by atoms with van der Waals surface area (Å²) in [6.45, 7) is 19.1. The fraction of sp³-hybridized carbons (Fsp3) is 0.190. The molecule has 0 amide bonds. The second-order valence-corrected chi connectivity index (χ2v) is 17.3. The van der Waals surface area contributed by atoms with Gasteiger partial charge in [-0.05, 0) is 156 Å². The lowest BCUT2D eigenvalue weighted by atomic mass is 9.88. The Labute approximate surface area is 376 Å². The highest BCUT2D eigenvalue weighted by molar-refractivity contribution is 6.21. The van der Waals surface area contributed by atoms with Gasteiger partial charge < -0.3 is 5.73 Å². The maximum Gasteiger partial charge on any atom is 0.164 e. The number of hydrogen-bond donors (Lipinski definition) is 1.